The maximum Gasteiger partial charge on any atom is 0.351 e. The third-order valence-electron chi connectivity index (χ3n) is 4.01. The topological polar surface area (TPSA) is 112 Å². The van der Waals surface area contributed by atoms with Crippen LogP contribution >= 0.6 is 0 Å². The number of rotatable bonds is 2. The summed E-state index contributed by atoms with van der Waals surface area (Å²) >= 11 is 0. The Hall–Kier alpha value is -3.03. The first-order valence-electron chi connectivity index (χ1n) is 6.77. The number of carboxylic acids is 1. The van der Waals surface area contributed by atoms with E-state index < -0.39 is 35.3 Å². The van der Waals surface area contributed by atoms with Gasteiger partial charge in [-0.1, -0.05) is 0 Å². The molecule has 2 aliphatic rings. The molecule has 0 radical (unpaired) electrons. The zero-order valence-electron chi connectivity index (χ0n) is 11.8. The molecule has 0 amide bonds. The summed E-state index contributed by atoms with van der Waals surface area (Å²) in [6, 6.07) is 2.77. The van der Waals surface area contributed by atoms with Crippen molar-refractivity contribution in [3.63, 3.8) is 0 Å². The van der Waals surface area contributed by atoms with E-state index in [9.17, 15) is 14.4 Å². The third kappa shape index (κ3) is 1.81. The van der Waals surface area contributed by atoms with Crippen molar-refractivity contribution in [1.29, 1.82) is 0 Å². The lowest BCUT2D eigenvalue weighted by atomic mass is 9.95. The summed E-state index contributed by atoms with van der Waals surface area (Å²) in [5.41, 5.74) is -0.801. The van der Waals surface area contributed by atoms with E-state index in [4.69, 9.17) is 23.7 Å². The largest absolute Gasteiger partial charge is 0.496 e. The van der Waals surface area contributed by atoms with E-state index in [1.165, 1.54) is 13.2 Å². The summed E-state index contributed by atoms with van der Waals surface area (Å²) in [5, 5.41) is 9.40. The predicted octanol–water partition coefficient (Wildman–Crippen LogP) is 1.25. The first-order chi connectivity index (χ1) is 11.0. The molecule has 8 heteroatoms. The minimum atomic E-state index is -1.39. The van der Waals surface area contributed by atoms with Crippen LogP contribution in [0.15, 0.2) is 21.3 Å². The van der Waals surface area contributed by atoms with E-state index in [0.717, 1.165) is 0 Å². The number of methoxy groups -OCH3 is 1. The number of fused-ring (bicyclic) bond motifs is 5. The van der Waals surface area contributed by atoms with Gasteiger partial charge in [0.05, 0.1) is 24.8 Å². The molecule has 1 fully saturated rings. The average Bonchev–Trinajstić information content (AvgIpc) is 3.00. The average molecular weight is 318 g/mol. The van der Waals surface area contributed by atoms with Gasteiger partial charge in [0, 0.05) is 11.6 Å². The van der Waals surface area contributed by atoms with Crippen molar-refractivity contribution in [2.75, 3.05) is 7.11 Å². The van der Waals surface area contributed by atoms with Gasteiger partial charge < -0.3 is 23.7 Å². The second-order valence-corrected chi connectivity index (χ2v) is 5.27. The molecular formula is C15H10O8. The number of aromatic carboxylic acids is 1. The van der Waals surface area contributed by atoms with Crippen LogP contribution in [0.1, 0.15) is 28.3 Å². The van der Waals surface area contributed by atoms with Crippen molar-refractivity contribution >= 4 is 22.9 Å². The molecule has 0 aliphatic carbocycles. The van der Waals surface area contributed by atoms with E-state index in [-0.39, 0.29) is 12.0 Å². The number of carbonyl (C=O) groups excluding carboxylic acids is 1. The number of esters is 1. The molecule has 1 aromatic carbocycles. The molecule has 118 valence electrons. The predicted molar refractivity (Wildman–Crippen MR) is 73.9 cm³/mol. The van der Waals surface area contributed by atoms with Crippen LogP contribution in [-0.2, 0) is 9.53 Å². The highest BCUT2D eigenvalue weighted by atomic mass is 16.7. The minimum absolute atomic E-state index is 0.101. The fourth-order valence-corrected chi connectivity index (χ4v) is 3.01. The molecule has 1 saturated heterocycles. The molecule has 0 spiro atoms. The number of carbonyl (C=O) groups is 2. The van der Waals surface area contributed by atoms with Gasteiger partial charge >= 0.3 is 17.6 Å². The minimum Gasteiger partial charge on any atom is -0.496 e. The maximum atomic E-state index is 11.9. The summed E-state index contributed by atoms with van der Waals surface area (Å²) in [5.74, 6) is -1.50. The SMILES string of the molecule is COc1cc2c(c3oc(=O)c(C(=O)O)cc13)C1CC(=O)OC1O2. The highest BCUT2D eigenvalue weighted by Crippen LogP contribution is 2.50. The Bertz CT molecular complexity index is 925. The van der Waals surface area contributed by atoms with Crippen LogP contribution < -0.4 is 15.1 Å². The highest BCUT2D eigenvalue weighted by molar-refractivity contribution is 5.96. The quantitative estimate of drug-likeness (QED) is 0.650. The maximum absolute atomic E-state index is 11.9. The monoisotopic (exact) mass is 318 g/mol. The molecule has 2 aliphatic heterocycles. The van der Waals surface area contributed by atoms with E-state index >= 15 is 0 Å². The number of benzene rings is 1. The standard InChI is InChI=1S/C15H10O8/c1-20-8-4-9-11(6-3-10(16)22-15(6)21-9)12-5(8)2-7(13(17)18)14(19)23-12/h2,4,6,15H,3H2,1H3,(H,17,18). The van der Waals surface area contributed by atoms with E-state index in [1.807, 2.05) is 0 Å². The summed E-state index contributed by atoms with van der Waals surface area (Å²) in [7, 11) is 1.41. The van der Waals surface area contributed by atoms with Gasteiger partial charge in [-0.05, 0) is 6.07 Å². The third-order valence-corrected chi connectivity index (χ3v) is 4.01. The van der Waals surface area contributed by atoms with Crippen molar-refractivity contribution < 1.29 is 33.3 Å². The Labute approximate surface area is 128 Å². The van der Waals surface area contributed by atoms with Crippen LogP contribution in [0, 0.1) is 0 Å². The first kappa shape index (κ1) is 13.6. The second-order valence-electron chi connectivity index (χ2n) is 5.27. The van der Waals surface area contributed by atoms with E-state index in [1.54, 1.807) is 6.07 Å². The van der Waals surface area contributed by atoms with Crippen molar-refractivity contribution in [3.8, 4) is 11.5 Å². The smallest absolute Gasteiger partial charge is 0.351 e. The number of hydrogen-bond donors (Lipinski definition) is 1. The van der Waals surface area contributed by atoms with E-state index in [0.29, 0.717) is 22.4 Å². The fraction of sp³-hybridized carbons (Fsp3) is 0.267. The van der Waals surface area contributed by atoms with Crippen LogP contribution in [0.2, 0.25) is 0 Å². The number of carboxylic acid groups (broad SMARTS) is 1. The van der Waals surface area contributed by atoms with Crippen LogP contribution in [0.4, 0.5) is 0 Å². The molecule has 0 bridgehead atoms. The second kappa shape index (κ2) is 4.48. The normalized spacial score (nSPS) is 21.5. The molecule has 0 saturated carbocycles. The lowest BCUT2D eigenvalue weighted by Crippen LogP contribution is -2.15. The van der Waals surface area contributed by atoms with Crippen LogP contribution in [0.3, 0.4) is 0 Å². The summed E-state index contributed by atoms with van der Waals surface area (Å²) in [6.07, 6.45) is -0.666. The first-order valence-corrected chi connectivity index (χ1v) is 6.77. The van der Waals surface area contributed by atoms with Gasteiger partial charge in [0.15, 0.2) is 0 Å². The van der Waals surface area contributed by atoms with Crippen molar-refractivity contribution in [1.82, 2.24) is 0 Å². The number of hydrogen-bond acceptors (Lipinski definition) is 7. The molecule has 8 nitrogen and oxygen atoms in total. The Morgan fingerprint density at radius 3 is 2.78 bits per heavy atom. The summed E-state index contributed by atoms with van der Waals surface area (Å²) in [6.45, 7) is 0. The van der Waals surface area contributed by atoms with Gasteiger partial charge in [0.1, 0.15) is 22.6 Å². The van der Waals surface area contributed by atoms with Gasteiger partial charge in [-0.25, -0.2) is 9.59 Å². The molecular weight excluding hydrogens is 308 g/mol. The van der Waals surface area contributed by atoms with Gasteiger partial charge in [-0.2, -0.15) is 0 Å². The van der Waals surface area contributed by atoms with Crippen molar-refractivity contribution in [3.05, 3.63) is 33.7 Å². The fourth-order valence-electron chi connectivity index (χ4n) is 3.01. The van der Waals surface area contributed by atoms with Crippen molar-refractivity contribution in [2.45, 2.75) is 18.6 Å². The van der Waals surface area contributed by atoms with Crippen LogP contribution in [0.5, 0.6) is 11.5 Å². The molecule has 1 aromatic heterocycles. The molecule has 4 rings (SSSR count). The molecule has 1 N–H and O–H groups in total. The zero-order valence-corrected chi connectivity index (χ0v) is 11.8. The van der Waals surface area contributed by atoms with E-state index in [2.05, 4.69) is 0 Å². The number of ether oxygens (including phenoxy) is 3. The van der Waals surface area contributed by atoms with Gasteiger partial charge in [-0.15, -0.1) is 0 Å². The molecule has 2 unspecified atom stereocenters. The Kier molecular flexibility index (Phi) is 2.65. The van der Waals surface area contributed by atoms with Crippen LogP contribution in [-0.4, -0.2) is 30.4 Å². The lowest BCUT2D eigenvalue weighted by molar-refractivity contribution is -0.150. The lowest BCUT2D eigenvalue weighted by Gasteiger charge is -2.10. The van der Waals surface area contributed by atoms with Gasteiger partial charge in [-0.3, -0.25) is 4.79 Å². The summed E-state index contributed by atoms with van der Waals surface area (Å²) < 4.78 is 21.1. The summed E-state index contributed by atoms with van der Waals surface area (Å²) in [4.78, 5) is 34.5. The Balaban J connectivity index is 2.05. The highest BCUT2D eigenvalue weighted by Gasteiger charge is 2.46. The molecule has 2 aromatic rings. The van der Waals surface area contributed by atoms with Gasteiger partial charge in [0.25, 0.3) is 6.29 Å². The molecule has 2 atom stereocenters. The Morgan fingerprint density at radius 2 is 2.09 bits per heavy atom. The molecule has 3 heterocycles. The van der Waals surface area contributed by atoms with Crippen molar-refractivity contribution in [2.24, 2.45) is 0 Å². The Morgan fingerprint density at radius 1 is 1.30 bits per heavy atom. The zero-order chi connectivity index (χ0) is 16.3. The van der Waals surface area contributed by atoms with Crippen LogP contribution in [0.25, 0.3) is 11.0 Å². The molecule has 23 heavy (non-hydrogen) atoms. The van der Waals surface area contributed by atoms with Gasteiger partial charge in [0.2, 0.25) is 0 Å².